The van der Waals surface area contributed by atoms with Crippen molar-refractivity contribution >= 4 is 11.9 Å². The lowest BCUT2D eigenvalue weighted by Crippen LogP contribution is -2.13. The molecule has 25 heavy (non-hydrogen) atoms. The Hall–Kier alpha value is -2.56. The molecule has 0 atom stereocenters. The van der Waals surface area contributed by atoms with Gasteiger partial charge in [0.1, 0.15) is 0 Å². The molecule has 1 amide bonds. The minimum Gasteiger partial charge on any atom is -0.469 e. The van der Waals surface area contributed by atoms with E-state index in [0.29, 0.717) is 12.0 Å². The lowest BCUT2D eigenvalue weighted by atomic mass is 9.98. The van der Waals surface area contributed by atoms with Crippen LogP contribution in [0.2, 0.25) is 0 Å². The number of methoxy groups -OCH3 is 1. The topological polar surface area (TPSA) is 74.3 Å². The molecule has 0 fully saturated rings. The Morgan fingerprint density at radius 3 is 2.44 bits per heavy atom. The van der Waals surface area contributed by atoms with Crippen LogP contribution in [0.3, 0.4) is 0 Å². The van der Waals surface area contributed by atoms with Crippen LogP contribution in [0.25, 0.3) is 11.1 Å². The summed E-state index contributed by atoms with van der Waals surface area (Å²) < 4.78 is 6.92. The molecule has 0 aliphatic heterocycles. The van der Waals surface area contributed by atoms with Gasteiger partial charge in [0, 0.05) is 23.5 Å². The number of amides is 1. The molecule has 2 aromatic rings. The summed E-state index contributed by atoms with van der Waals surface area (Å²) in [5.41, 5.74) is 9.85. The van der Waals surface area contributed by atoms with Crippen molar-refractivity contribution in [3.63, 3.8) is 0 Å². The summed E-state index contributed by atoms with van der Waals surface area (Å²) in [6.07, 6.45) is 2.81. The zero-order chi connectivity index (χ0) is 18.4. The van der Waals surface area contributed by atoms with Gasteiger partial charge in [-0.25, -0.2) is 0 Å². The number of nitrogens with two attached hydrogens (primary N) is 1. The van der Waals surface area contributed by atoms with E-state index in [1.54, 1.807) is 0 Å². The number of benzene rings is 1. The van der Waals surface area contributed by atoms with Gasteiger partial charge < -0.3 is 15.0 Å². The van der Waals surface area contributed by atoms with Gasteiger partial charge in [0.05, 0.1) is 19.1 Å². The Bertz CT molecular complexity index is 748. The fourth-order valence-electron chi connectivity index (χ4n) is 3.22. The van der Waals surface area contributed by atoms with Gasteiger partial charge in [0.15, 0.2) is 0 Å². The van der Waals surface area contributed by atoms with Crippen molar-refractivity contribution in [1.29, 1.82) is 0 Å². The largest absolute Gasteiger partial charge is 0.469 e. The minimum atomic E-state index is -0.439. The first-order chi connectivity index (χ1) is 12.0. The highest BCUT2D eigenvalue weighted by Gasteiger charge is 2.24. The van der Waals surface area contributed by atoms with Crippen LogP contribution in [-0.2, 0) is 22.5 Å². The van der Waals surface area contributed by atoms with Gasteiger partial charge >= 0.3 is 5.97 Å². The first-order valence-electron chi connectivity index (χ1n) is 8.65. The van der Waals surface area contributed by atoms with Gasteiger partial charge in [0.25, 0.3) is 5.91 Å². The number of carbonyl (C=O) groups is 2. The van der Waals surface area contributed by atoms with Crippen molar-refractivity contribution in [3.05, 3.63) is 47.3 Å². The van der Waals surface area contributed by atoms with E-state index in [-0.39, 0.29) is 12.4 Å². The molecule has 0 aliphatic carbocycles. The molecule has 0 saturated heterocycles. The van der Waals surface area contributed by atoms with Gasteiger partial charge in [-0.1, -0.05) is 43.7 Å². The summed E-state index contributed by atoms with van der Waals surface area (Å²) in [7, 11) is 1.39. The summed E-state index contributed by atoms with van der Waals surface area (Å²) in [5.74, 6) is -0.702. The molecule has 2 N–H and O–H groups in total. The van der Waals surface area contributed by atoms with Gasteiger partial charge in [-0.3, -0.25) is 9.59 Å². The summed E-state index contributed by atoms with van der Waals surface area (Å²) in [6, 6.07) is 9.73. The van der Waals surface area contributed by atoms with E-state index in [4.69, 9.17) is 10.5 Å². The molecular formula is C20H26N2O3. The van der Waals surface area contributed by atoms with E-state index >= 15 is 0 Å². The maximum Gasteiger partial charge on any atom is 0.305 e. The average molecular weight is 342 g/mol. The number of rotatable bonds is 8. The number of primary amides is 1. The van der Waals surface area contributed by atoms with Crippen molar-refractivity contribution in [2.24, 2.45) is 5.73 Å². The van der Waals surface area contributed by atoms with Crippen molar-refractivity contribution in [3.8, 4) is 11.1 Å². The second-order valence-electron chi connectivity index (χ2n) is 6.09. The molecule has 0 unspecified atom stereocenters. The predicted octanol–water partition coefficient (Wildman–Crippen LogP) is 3.47. The number of esters is 1. The number of nitrogens with zero attached hydrogens (tertiary/aromatic N) is 1. The van der Waals surface area contributed by atoms with Crippen molar-refractivity contribution in [2.45, 2.75) is 46.1 Å². The van der Waals surface area contributed by atoms with Crippen LogP contribution in [0, 0.1) is 6.92 Å². The predicted molar refractivity (Wildman–Crippen MR) is 98.4 cm³/mol. The lowest BCUT2D eigenvalue weighted by Gasteiger charge is -2.12. The number of carbonyl (C=O) groups excluding carboxylic acids is 2. The summed E-state index contributed by atoms with van der Waals surface area (Å²) in [6.45, 7) is 4.84. The van der Waals surface area contributed by atoms with Crippen LogP contribution in [0.5, 0.6) is 0 Å². The number of hydrogen-bond donors (Lipinski definition) is 1. The van der Waals surface area contributed by atoms with Crippen molar-refractivity contribution in [2.75, 3.05) is 7.11 Å². The van der Waals surface area contributed by atoms with Crippen LogP contribution in [0.1, 0.15) is 47.9 Å². The highest BCUT2D eigenvalue weighted by Crippen LogP contribution is 2.34. The molecule has 134 valence electrons. The third-order valence-electron chi connectivity index (χ3n) is 4.47. The fourth-order valence-corrected chi connectivity index (χ4v) is 3.22. The summed E-state index contributed by atoms with van der Waals surface area (Å²) in [4.78, 5) is 23.8. The summed E-state index contributed by atoms with van der Waals surface area (Å²) in [5, 5.41) is 0. The standard InChI is InChI=1S/C20H26N2O3/c1-4-5-13-22-14(2)18(20(21)24)19(15-9-7-6-8-10-15)16(22)11-12-17(23)25-3/h6-10H,4-5,11-13H2,1-3H3,(H2,21,24). The molecule has 5 nitrogen and oxygen atoms in total. The van der Waals surface area contributed by atoms with Crippen LogP contribution >= 0.6 is 0 Å². The maximum absolute atomic E-state index is 12.2. The third-order valence-corrected chi connectivity index (χ3v) is 4.47. The van der Waals surface area contributed by atoms with E-state index in [1.165, 1.54) is 7.11 Å². The lowest BCUT2D eigenvalue weighted by molar-refractivity contribution is -0.140. The zero-order valence-electron chi connectivity index (χ0n) is 15.2. The number of unbranched alkanes of at least 4 members (excludes halogenated alkanes) is 1. The minimum absolute atomic E-state index is 0.263. The molecular weight excluding hydrogens is 316 g/mol. The molecule has 1 heterocycles. The Kier molecular flexibility index (Phi) is 6.39. The SMILES string of the molecule is CCCCn1c(C)c(C(N)=O)c(-c2ccccc2)c1CCC(=O)OC. The third kappa shape index (κ3) is 4.10. The van der Waals surface area contributed by atoms with Crippen LogP contribution in [0.15, 0.2) is 30.3 Å². The van der Waals surface area contributed by atoms with Crippen LogP contribution < -0.4 is 5.73 Å². The van der Waals surface area contributed by atoms with E-state index in [1.807, 2.05) is 37.3 Å². The second kappa shape index (κ2) is 8.51. The van der Waals surface area contributed by atoms with E-state index in [0.717, 1.165) is 41.9 Å². The Labute approximate surface area is 148 Å². The summed E-state index contributed by atoms with van der Waals surface area (Å²) >= 11 is 0. The molecule has 5 heteroatoms. The quantitative estimate of drug-likeness (QED) is 0.747. The van der Waals surface area contributed by atoms with E-state index in [2.05, 4.69) is 11.5 Å². The second-order valence-corrected chi connectivity index (χ2v) is 6.09. The first kappa shape index (κ1) is 18.8. The van der Waals surface area contributed by atoms with Crippen molar-refractivity contribution in [1.82, 2.24) is 4.57 Å². The smallest absolute Gasteiger partial charge is 0.305 e. The molecule has 0 spiro atoms. The van der Waals surface area contributed by atoms with E-state index in [9.17, 15) is 9.59 Å². The molecule has 2 rings (SSSR count). The molecule has 0 bridgehead atoms. The number of ether oxygens (including phenoxy) is 1. The molecule has 0 aliphatic rings. The number of hydrogen-bond acceptors (Lipinski definition) is 3. The van der Waals surface area contributed by atoms with E-state index < -0.39 is 5.91 Å². The highest BCUT2D eigenvalue weighted by atomic mass is 16.5. The molecule has 0 saturated carbocycles. The fraction of sp³-hybridized carbons (Fsp3) is 0.400. The maximum atomic E-state index is 12.2. The zero-order valence-corrected chi connectivity index (χ0v) is 15.2. The molecule has 0 radical (unpaired) electrons. The highest BCUT2D eigenvalue weighted by molar-refractivity contribution is 6.02. The van der Waals surface area contributed by atoms with Crippen LogP contribution in [0.4, 0.5) is 0 Å². The molecule has 1 aromatic carbocycles. The van der Waals surface area contributed by atoms with Gasteiger partial charge in [-0.2, -0.15) is 0 Å². The normalized spacial score (nSPS) is 10.7. The number of aromatic nitrogens is 1. The van der Waals surface area contributed by atoms with Crippen molar-refractivity contribution < 1.29 is 14.3 Å². The Balaban J connectivity index is 2.63. The molecule has 1 aromatic heterocycles. The monoisotopic (exact) mass is 342 g/mol. The van der Waals surface area contributed by atoms with Gasteiger partial charge in [-0.15, -0.1) is 0 Å². The first-order valence-corrected chi connectivity index (χ1v) is 8.65. The average Bonchev–Trinajstić information content (AvgIpc) is 2.90. The Morgan fingerprint density at radius 1 is 1.20 bits per heavy atom. The van der Waals surface area contributed by atoms with Gasteiger partial charge in [-0.05, 0) is 25.3 Å². The van der Waals surface area contributed by atoms with Gasteiger partial charge in [0.2, 0.25) is 0 Å². The van der Waals surface area contributed by atoms with Crippen LogP contribution in [-0.4, -0.2) is 23.6 Å². The Morgan fingerprint density at radius 2 is 1.88 bits per heavy atom.